The molecule has 1 aliphatic carbocycles. The van der Waals surface area contributed by atoms with E-state index in [2.05, 4.69) is 83.5 Å². The Balaban J connectivity index is 2.04. The van der Waals surface area contributed by atoms with Crippen LogP contribution >= 0.6 is 15.9 Å². The highest BCUT2D eigenvalue weighted by Gasteiger charge is 2.17. The van der Waals surface area contributed by atoms with Crippen molar-refractivity contribution in [2.45, 2.75) is 13.3 Å². The van der Waals surface area contributed by atoms with Gasteiger partial charge in [-0.25, -0.2) is 0 Å². The van der Waals surface area contributed by atoms with Gasteiger partial charge in [0.2, 0.25) is 0 Å². The zero-order valence-electron chi connectivity index (χ0n) is 11.9. The van der Waals surface area contributed by atoms with Gasteiger partial charge in [0.05, 0.1) is 0 Å². The van der Waals surface area contributed by atoms with Gasteiger partial charge in [-0.2, -0.15) is 0 Å². The van der Waals surface area contributed by atoms with Crippen LogP contribution in [0, 0.1) is 0 Å². The van der Waals surface area contributed by atoms with E-state index < -0.39 is 0 Å². The largest absolute Gasteiger partial charge is 0.0683 e. The summed E-state index contributed by atoms with van der Waals surface area (Å²) in [6.07, 6.45) is 3.36. The van der Waals surface area contributed by atoms with Gasteiger partial charge in [0.15, 0.2) is 0 Å². The molecular weight excluding hydrogens is 320 g/mol. The molecule has 3 aromatic carbocycles. The molecular formula is C20H15Br. The molecule has 1 heteroatoms. The summed E-state index contributed by atoms with van der Waals surface area (Å²) in [5.41, 5.74) is 6.92. The molecule has 0 bridgehead atoms. The minimum Gasteiger partial charge on any atom is -0.0683 e. The third-order valence-corrected chi connectivity index (χ3v) is 4.64. The lowest BCUT2D eigenvalue weighted by atomic mass is 9.92. The maximum atomic E-state index is 3.67. The summed E-state index contributed by atoms with van der Waals surface area (Å²) in [7, 11) is 0. The highest BCUT2D eigenvalue weighted by molar-refractivity contribution is 9.10. The zero-order chi connectivity index (χ0) is 14.4. The van der Waals surface area contributed by atoms with E-state index in [0.29, 0.717) is 0 Å². The Bertz CT molecular complexity index is 882. The van der Waals surface area contributed by atoms with Crippen molar-refractivity contribution in [2.24, 2.45) is 0 Å². The standard InChI is InChI=1S/C20H15Br/c1-13-9-15-11-16(21)12-20(19(15)10-13)18-8-4-6-14-5-2-3-7-17(14)18/h2-9,11-12H,10H2,1H3. The van der Waals surface area contributed by atoms with Crippen molar-refractivity contribution < 1.29 is 0 Å². The van der Waals surface area contributed by atoms with Crippen molar-refractivity contribution in [3.63, 3.8) is 0 Å². The van der Waals surface area contributed by atoms with Crippen molar-refractivity contribution in [3.05, 3.63) is 75.8 Å². The number of rotatable bonds is 1. The Labute approximate surface area is 133 Å². The highest BCUT2D eigenvalue weighted by Crippen LogP contribution is 2.39. The summed E-state index contributed by atoms with van der Waals surface area (Å²) in [6.45, 7) is 2.21. The lowest BCUT2D eigenvalue weighted by Crippen LogP contribution is -1.91. The van der Waals surface area contributed by atoms with Crippen LogP contribution in [0.5, 0.6) is 0 Å². The minimum atomic E-state index is 1.06. The van der Waals surface area contributed by atoms with Gasteiger partial charge >= 0.3 is 0 Å². The van der Waals surface area contributed by atoms with Crippen LogP contribution in [-0.2, 0) is 6.42 Å². The summed E-state index contributed by atoms with van der Waals surface area (Å²) in [6, 6.07) is 19.7. The Morgan fingerprint density at radius 3 is 2.62 bits per heavy atom. The van der Waals surface area contributed by atoms with Gasteiger partial charge in [0.25, 0.3) is 0 Å². The molecule has 3 aromatic rings. The first-order valence-electron chi connectivity index (χ1n) is 7.20. The summed E-state index contributed by atoms with van der Waals surface area (Å²) < 4.78 is 1.15. The molecule has 0 N–H and O–H groups in total. The summed E-state index contributed by atoms with van der Waals surface area (Å²) >= 11 is 3.67. The third kappa shape index (κ3) is 2.13. The van der Waals surface area contributed by atoms with Crippen LogP contribution in [0.1, 0.15) is 18.1 Å². The molecule has 0 saturated carbocycles. The van der Waals surface area contributed by atoms with E-state index in [0.717, 1.165) is 10.9 Å². The zero-order valence-corrected chi connectivity index (χ0v) is 13.4. The molecule has 21 heavy (non-hydrogen) atoms. The van der Waals surface area contributed by atoms with Gasteiger partial charge in [-0.1, -0.05) is 70.0 Å². The van der Waals surface area contributed by atoms with E-state index in [9.17, 15) is 0 Å². The van der Waals surface area contributed by atoms with Crippen molar-refractivity contribution in [1.29, 1.82) is 0 Å². The SMILES string of the molecule is CC1=Cc2cc(Br)cc(-c3cccc4ccccc34)c2C1. The molecule has 0 spiro atoms. The second kappa shape index (κ2) is 4.85. The Hall–Kier alpha value is -1.86. The lowest BCUT2D eigenvalue weighted by Gasteiger charge is -2.13. The second-order valence-corrected chi connectivity index (χ2v) is 6.63. The first kappa shape index (κ1) is 12.8. The van der Waals surface area contributed by atoms with Crippen molar-refractivity contribution >= 4 is 32.8 Å². The van der Waals surface area contributed by atoms with Crippen molar-refractivity contribution in [1.82, 2.24) is 0 Å². The fourth-order valence-electron chi connectivity index (χ4n) is 3.28. The van der Waals surface area contributed by atoms with Gasteiger partial charge in [-0.3, -0.25) is 0 Å². The van der Waals surface area contributed by atoms with E-state index in [1.54, 1.807) is 0 Å². The number of halogens is 1. The molecule has 0 unspecified atom stereocenters. The minimum absolute atomic E-state index is 1.06. The average Bonchev–Trinajstić information content (AvgIpc) is 2.86. The van der Waals surface area contributed by atoms with Gasteiger partial charge < -0.3 is 0 Å². The van der Waals surface area contributed by atoms with Gasteiger partial charge in [-0.05, 0) is 58.5 Å². The quantitative estimate of drug-likeness (QED) is 0.494. The van der Waals surface area contributed by atoms with E-state index in [1.807, 2.05) is 0 Å². The molecule has 0 radical (unpaired) electrons. The molecule has 0 atom stereocenters. The molecule has 1 aliphatic rings. The number of allylic oxidation sites excluding steroid dienone is 1. The topological polar surface area (TPSA) is 0 Å². The van der Waals surface area contributed by atoms with E-state index in [-0.39, 0.29) is 0 Å². The monoisotopic (exact) mass is 334 g/mol. The van der Waals surface area contributed by atoms with Crippen molar-refractivity contribution in [2.75, 3.05) is 0 Å². The fraction of sp³-hybridized carbons (Fsp3) is 0.100. The van der Waals surface area contributed by atoms with Crippen molar-refractivity contribution in [3.8, 4) is 11.1 Å². The second-order valence-electron chi connectivity index (χ2n) is 5.72. The molecule has 4 rings (SSSR count). The Morgan fingerprint density at radius 2 is 1.71 bits per heavy atom. The maximum absolute atomic E-state index is 3.67. The highest BCUT2D eigenvalue weighted by atomic mass is 79.9. The number of hydrogen-bond donors (Lipinski definition) is 0. The third-order valence-electron chi connectivity index (χ3n) is 4.19. The predicted molar refractivity (Wildman–Crippen MR) is 94.4 cm³/mol. The van der Waals surface area contributed by atoms with Crippen LogP contribution < -0.4 is 0 Å². The first-order chi connectivity index (χ1) is 10.2. The van der Waals surface area contributed by atoms with Crippen LogP contribution in [-0.4, -0.2) is 0 Å². The van der Waals surface area contributed by atoms with Gasteiger partial charge in [-0.15, -0.1) is 0 Å². The summed E-state index contributed by atoms with van der Waals surface area (Å²) in [4.78, 5) is 0. The molecule has 0 aromatic heterocycles. The molecule has 0 fully saturated rings. The lowest BCUT2D eigenvalue weighted by molar-refractivity contribution is 1.20. The average molecular weight is 335 g/mol. The number of benzene rings is 3. The Morgan fingerprint density at radius 1 is 0.905 bits per heavy atom. The van der Waals surface area contributed by atoms with Crippen LogP contribution in [0.25, 0.3) is 28.0 Å². The Kier molecular flexibility index (Phi) is 2.97. The van der Waals surface area contributed by atoms with Crippen LogP contribution in [0.15, 0.2) is 64.6 Å². The van der Waals surface area contributed by atoms with Crippen LogP contribution in [0.3, 0.4) is 0 Å². The van der Waals surface area contributed by atoms with Gasteiger partial charge in [0.1, 0.15) is 0 Å². The van der Waals surface area contributed by atoms with E-state index in [1.165, 1.54) is 38.6 Å². The van der Waals surface area contributed by atoms with Crippen LogP contribution in [0.4, 0.5) is 0 Å². The molecule has 0 nitrogen and oxygen atoms in total. The van der Waals surface area contributed by atoms with Crippen LogP contribution in [0.2, 0.25) is 0 Å². The number of hydrogen-bond acceptors (Lipinski definition) is 0. The fourth-order valence-corrected chi connectivity index (χ4v) is 3.76. The predicted octanol–water partition coefficient (Wildman–Crippen LogP) is 6.23. The molecule has 0 heterocycles. The first-order valence-corrected chi connectivity index (χ1v) is 7.99. The smallest absolute Gasteiger partial charge is 0.0187 e. The molecule has 0 aliphatic heterocycles. The molecule has 102 valence electrons. The van der Waals surface area contributed by atoms with E-state index >= 15 is 0 Å². The van der Waals surface area contributed by atoms with Gasteiger partial charge in [0, 0.05) is 4.47 Å². The summed E-state index contributed by atoms with van der Waals surface area (Å²) in [5, 5.41) is 2.62. The molecule has 0 saturated heterocycles. The molecule has 0 amide bonds. The normalized spacial score (nSPS) is 13.3. The maximum Gasteiger partial charge on any atom is 0.0187 e. The summed E-state index contributed by atoms with van der Waals surface area (Å²) in [5.74, 6) is 0. The number of fused-ring (bicyclic) bond motifs is 2. The van der Waals surface area contributed by atoms with E-state index in [4.69, 9.17) is 0 Å².